The molecule has 5 heteroatoms. The van der Waals surface area contributed by atoms with Gasteiger partial charge in [0.1, 0.15) is 11.6 Å². The van der Waals surface area contributed by atoms with Crippen LogP contribution in [0.4, 0.5) is 10.2 Å². The van der Waals surface area contributed by atoms with Crippen molar-refractivity contribution in [2.75, 3.05) is 18.9 Å². The number of pyridine rings is 1. The van der Waals surface area contributed by atoms with Crippen molar-refractivity contribution in [2.45, 2.75) is 20.3 Å². The molecule has 0 spiro atoms. The lowest BCUT2D eigenvalue weighted by atomic mass is 10.1. The first-order chi connectivity index (χ1) is 8.08. The van der Waals surface area contributed by atoms with Crippen molar-refractivity contribution < 1.29 is 9.18 Å². The summed E-state index contributed by atoms with van der Waals surface area (Å²) in [5, 5.41) is 5.53. The molecule has 0 saturated carbocycles. The van der Waals surface area contributed by atoms with E-state index in [1.807, 2.05) is 6.92 Å². The minimum absolute atomic E-state index is 0.232. The number of nitrogens with one attached hydrogen (secondary N) is 2. The van der Waals surface area contributed by atoms with E-state index in [-0.39, 0.29) is 11.5 Å². The molecule has 0 bridgehead atoms. The van der Waals surface area contributed by atoms with Crippen molar-refractivity contribution in [1.82, 2.24) is 10.3 Å². The maximum absolute atomic E-state index is 13.0. The Kier molecular flexibility index (Phi) is 4.87. The summed E-state index contributed by atoms with van der Waals surface area (Å²) in [6.07, 6.45) is 2.07. The lowest BCUT2D eigenvalue weighted by Gasteiger charge is -2.12. The van der Waals surface area contributed by atoms with Gasteiger partial charge in [-0.2, -0.15) is 0 Å². The average molecular weight is 239 g/mol. The highest BCUT2D eigenvalue weighted by atomic mass is 19.1. The highest BCUT2D eigenvalue weighted by Crippen LogP contribution is 2.13. The molecular weight excluding hydrogens is 221 g/mol. The summed E-state index contributed by atoms with van der Waals surface area (Å²) in [7, 11) is 1.64. The van der Waals surface area contributed by atoms with Gasteiger partial charge in [-0.15, -0.1) is 0 Å². The normalized spacial score (nSPS) is 12.0. The van der Waals surface area contributed by atoms with Gasteiger partial charge in [0.15, 0.2) is 0 Å². The maximum Gasteiger partial charge on any atom is 0.255 e. The zero-order valence-corrected chi connectivity index (χ0v) is 10.4. The SMILES string of the molecule is CCC(C)CNC(=O)c1cc(F)cnc1NC. The lowest BCUT2D eigenvalue weighted by molar-refractivity contribution is 0.0948. The Balaban J connectivity index is 2.77. The van der Waals surface area contributed by atoms with E-state index in [1.54, 1.807) is 7.05 Å². The van der Waals surface area contributed by atoms with Crippen LogP contribution in [0, 0.1) is 11.7 Å². The quantitative estimate of drug-likeness (QED) is 0.826. The molecule has 0 radical (unpaired) electrons. The Morgan fingerprint density at radius 3 is 2.88 bits per heavy atom. The number of aromatic nitrogens is 1. The van der Waals surface area contributed by atoms with Crippen LogP contribution in [-0.4, -0.2) is 24.5 Å². The van der Waals surface area contributed by atoms with Gasteiger partial charge >= 0.3 is 0 Å². The molecule has 0 aliphatic carbocycles. The molecule has 2 N–H and O–H groups in total. The monoisotopic (exact) mass is 239 g/mol. The van der Waals surface area contributed by atoms with E-state index in [2.05, 4.69) is 22.5 Å². The molecule has 0 saturated heterocycles. The summed E-state index contributed by atoms with van der Waals surface area (Å²) in [6, 6.07) is 1.19. The third-order valence-corrected chi connectivity index (χ3v) is 2.64. The van der Waals surface area contributed by atoms with E-state index >= 15 is 0 Å². The topological polar surface area (TPSA) is 54.0 Å². The van der Waals surface area contributed by atoms with Gasteiger partial charge in [-0.05, 0) is 12.0 Å². The molecule has 1 rings (SSSR count). The zero-order chi connectivity index (χ0) is 12.8. The van der Waals surface area contributed by atoms with Crippen LogP contribution in [-0.2, 0) is 0 Å². The van der Waals surface area contributed by atoms with Crippen LogP contribution < -0.4 is 10.6 Å². The minimum atomic E-state index is -0.516. The zero-order valence-electron chi connectivity index (χ0n) is 10.4. The Bertz CT molecular complexity index is 395. The van der Waals surface area contributed by atoms with Crippen molar-refractivity contribution in [1.29, 1.82) is 0 Å². The smallest absolute Gasteiger partial charge is 0.255 e. The molecule has 94 valence electrons. The Morgan fingerprint density at radius 1 is 1.59 bits per heavy atom. The van der Waals surface area contributed by atoms with Gasteiger partial charge < -0.3 is 10.6 Å². The molecule has 0 fully saturated rings. The number of halogens is 1. The highest BCUT2D eigenvalue weighted by molar-refractivity contribution is 5.98. The first-order valence-corrected chi connectivity index (χ1v) is 5.70. The first kappa shape index (κ1) is 13.4. The number of anilines is 1. The predicted molar refractivity (Wildman–Crippen MR) is 65.5 cm³/mol. The number of hydrogen-bond acceptors (Lipinski definition) is 3. The van der Waals surface area contributed by atoms with Gasteiger partial charge in [0.2, 0.25) is 0 Å². The Morgan fingerprint density at radius 2 is 2.29 bits per heavy atom. The van der Waals surface area contributed by atoms with E-state index in [0.29, 0.717) is 18.3 Å². The summed E-state index contributed by atoms with van der Waals surface area (Å²) in [4.78, 5) is 15.7. The number of amides is 1. The molecule has 0 aliphatic heterocycles. The number of carbonyl (C=O) groups excluding carboxylic acids is 1. The van der Waals surface area contributed by atoms with Crippen LogP contribution in [0.3, 0.4) is 0 Å². The number of carbonyl (C=O) groups is 1. The van der Waals surface area contributed by atoms with E-state index in [4.69, 9.17) is 0 Å². The summed E-state index contributed by atoms with van der Waals surface area (Å²) >= 11 is 0. The Labute approximate surface area is 101 Å². The summed E-state index contributed by atoms with van der Waals surface area (Å²) in [6.45, 7) is 4.68. The van der Waals surface area contributed by atoms with Crippen LogP contribution in [0.15, 0.2) is 12.3 Å². The fourth-order valence-corrected chi connectivity index (χ4v) is 1.32. The highest BCUT2D eigenvalue weighted by Gasteiger charge is 2.13. The van der Waals surface area contributed by atoms with E-state index < -0.39 is 5.82 Å². The van der Waals surface area contributed by atoms with Crippen LogP contribution in [0.5, 0.6) is 0 Å². The molecule has 1 aromatic heterocycles. The average Bonchev–Trinajstić information content (AvgIpc) is 2.35. The largest absolute Gasteiger partial charge is 0.372 e. The molecule has 1 heterocycles. The fourth-order valence-electron chi connectivity index (χ4n) is 1.32. The standard InChI is InChI=1S/C12H18FN3O/c1-4-8(2)6-16-12(17)10-5-9(13)7-15-11(10)14-3/h5,7-8H,4,6H2,1-3H3,(H,14,15)(H,16,17). The molecule has 0 aliphatic rings. The van der Waals surface area contributed by atoms with Gasteiger partial charge in [0.25, 0.3) is 5.91 Å². The summed E-state index contributed by atoms with van der Waals surface area (Å²) in [5.74, 6) is -0.0362. The first-order valence-electron chi connectivity index (χ1n) is 5.70. The van der Waals surface area contributed by atoms with Gasteiger partial charge in [0.05, 0.1) is 11.8 Å². The minimum Gasteiger partial charge on any atom is -0.372 e. The molecule has 1 aromatic rings. The number of hydrogen-bond donors (Lipinski definition) is 2. The van der Waals surface area contributed by atoms with Crippen molar-refractivity contribution in [3.8, 4) is 0 Å². The predicted octanol–water partition coefficient (Wildman–Crippen LogP) is 2.04. The number of rotatable bonds is 5. The maximum atomic E-state index is 13.0. The second-order valence-electron chi connectivity index (χ2n) is 4.02. The van der Waals surface area contributed by atoms with E-state index in [1.165, 1.54) is 6.07 Å². The molecule has 1 atom stereocenters. The van der Waals surface area contributed by atoms with E-state index in [9.17, 15) is 9.18 Å². The van der Waals surface area contributed by atoms with Crippen LogP contribution in [0.25, 0.3) is 0 Å². The Hall–Kier alpha value is -1.65. The lowest BCUT2D eigenvalue weighted by Crippen LogP contribution is -2.29. The van der Waals surface area contributed by atoms with E-state index in [0.717, 1.165) is 12.6 Å². The van der Waals surface area contributed by atoms with Crippen molar-refractivity contribution in [3.63, 3.8) is 0 Å². The molecule has 0 aromatic carbocycles. The number of nitrogens with zero attached hydrogens (tertiary/aromatic N) is 1. The van der Waals surface area contributed by atoms with Crippen molar-refractivity contribution >= 4 is 11.7 Å². The van der Waals surface area contributed by atoms with Gasteiger partial charge in [-0.25, -0.2) is 9.37 Å². The fraction of sp³-hybridized carbons (Fsp3) is 0.500. The second kappa shape index (κ2) is 6.18. The van der Waals surface area contributed by atoms with Gasteiger partial charge in [0, 0.05) is 13.6 Å². The summed E-state index contributed by atoms with van der Waals surface area (Å²) in [5.41, 5.74) is 0.232. The molecule has 17 heavy (non-hydrogen) atoms. The van der Waals surface area contributed by atoms with Crippen LogP contribution in [0.1, 0.15) is 30.6 Å². The van der Waals surface area contributed by atoms with Gasteiger partial charge in [-0.3, -0.25) is 4.79 Å². The third-order valence-electron chi connectivity index (χ3n) is 2.64. The molecular formula is C12H18FN3O. The molecule has 1 unspecified atom stereocenters. The molecule has 4 nitrogen and oxygen atoms in total. The second-order valence-corrected chi connectivity index (χ2v) is 4.02. The third kappa shape index (κ3) is 3.69. The van der Waals surface area contributed by atoms with Gasteiger partial charge in [-0.1, -0.05) is 20.3 Å². The molecule has 1 amide bonds. The summed E-state index contributed by atoms with van der Waals surface area (Å²) < 4.78 is 13.0. The van der Waals surface area contributed by atoms with Crippen molar-refractivity contribution in [2.24, 2.45) is 5.92 Å². The van der Waals surface area contributed by atoms with Crippen molar-refractivity contribution in [3.05, 3.63) is 23.6 Å². The van der Waals surface area contributed by atoms with Crippen LogP contribution in [0.2, 0.25) is 0 Å². The van der Waals surface area contributed by atoms with Crippen LogP contribution >= 0.6 is 0 Å².